The van der Waals surface area contributed by atoms with Crippen LogP contribution in [0.15, 0.2) is 64.6 Å². The van der Waals surface area contributed by atoms with Gasteiger partial charge in [0, 0.05) is 10.4 Å². The largest absolute Gasteiger partial charge is 0.467 e. The Hall–Kier alpha value is -1.63. The molecule has 1 fully saturated rings. The van der Waals surface area contributed by atoms with Crippen LogP contribution >= 0.6 is 34.9 Å². The van der Waals surface area contributed by atoms with E-state index in [-0.39, 0.29) is 5.91 Å². The van der Waals surface area contributed by atoms with Crippen molar-refractivity contribution in [1.82, 2.24) is 4.90 Å². The van der Waals surface area contributed by atoms with Crippen molar-refractivity contribution in [2.45, 2.75) is 24.1 Å². The molecule has 0 saturated carbocycles. The number of benzene rings is 1. The van der Waals surface area contributed by atoms with E-state index in [4.69, 9.17) is 4.42 Å². The van der Waals surface area contributed by atoms with Gasteiger partial charge in [-0.25, -0.2) is 0 Å². The molecule has 1 amide bonds. The number of nitrogens with zero attached hydrogens (tertiary/aromatic N) is 1. The van der Waals surface area contributed by atoms with Gasteiger partial charge in [0.2, 0.25) is 0 Å². The monoisotopic (exact) mass is 415 g/mol. The second kappa shape index (κ2) is 9.04. The standard InChI is InChI=1S/C21H21NO2S3/c23-20(16-6-8-17(9-7-16)21-26-12-3-13-27-21)22(14-18-4-1-10-24-18)15-19-5-2-11-25-19/h1-2,4-11,21H,3,12-15H2. The van der Waals surface area contributed by atoms with Crippen molar-refractivity contribution in [3.05, 3.63) is 81.9 Å². The molecule has 6 heteroatoms. The Morgan fingerprint density at radius 2 is 1.85 bits per heavy atom. The van der Waals surface area contributed by atoms with E-state index in [2.05, 4.69) is 18.2 Å². The molecule has 0 spiro atoms. The average molecular weight is 416 g/mol. The van der Waals surface area contributed by atoms with Crippen molar-refractivity contribution in [1.29, 1.82) is 0 Å². The third kappa shape index (κ3) is 4.81. The molecular formula is C21H21NO2S3. The van der Waals surface area contributed by atoms with Crippen molar-refractivity contribution in [3.63, 3.8) is 0 Å². The lowest BCUT2D eigenvalue weighted by molar-refractivity contribution is 0.0719. The number of hydrogen-bond donors (Lipinski definition) is 0. The molecule has 0 unspecified atom stereocenters. The Labute approximate surface area is 172 Å². The van der Waals surface area contributed by atoms with Gasteiger partial charge in [-0.2, -0.15) is 0 Å². The molecule has 27 heavy (non-hydrogen) atoms. The van der Waals surface area contributed by atoms with Crippen LogP contribution in [0, 0.1) is 0 Å². The Balaban J connectivity index is 1.51. The van der Waals surface area contributed by atoms with Crippen molar-refractivity contribution in [2.24, 2.45) is 0 Å². The predicted octanol–water partition coefficient (Wildman–Crippen LogP) is 6.05. The van der Waals surface area contributed by atoms with Crippen molar-refractivity contribution < 1.29 is 9.21 Å². The second-order valence-electron chi connectivity index (χ2n) is 6.37. The fourth-order valence-corrected chi connectivity index (χ4v) is 6.64. The van der Waals surface area contributed by atoms with Gasteiger partial charge < -0.3 is 9.32 Å². The number of furan rings is 1. The molecule has 3 nitrogen and oxygen atoms in total. The maximum atomic E-state index is 13.2. The van der Waals surface area contributed by atoms with Crippen molar-refractivity contribution in [3.8, 4) is 0 Å². The smallest absolute Gasteiger partial charge is 0.254 e. The number of hydrogen-bond acceptors (Lipinski definition) is 5. The van der Waals surface area contributed by atoms with E-state index in [1.165, 1.54) is 28.4 Å². The fourth-order valence-electron chi connectivity index (χ4n) is 3.03. The molecule has 0 aliphatic carbocycles. The van der Waals surface area contributed by atoms with E-state index in [1.54, 1.807) is 17.6 Å². The summed E-state index contributed by atoms with van der Waals surface area (Å²) in [4.78, 5) is 16.2. The molecule has 0 radical (unpaired) electrons. The first-order valence-electron chi connectivity index (χ1n) is 8.97. The highest BCUT2D eigenvalue weighted by Gasteiger charge is 2.20. The summed E-state index contributed by atoms with van der Waals surface area (Å²) in [5, 5.41) is 2.04. The van der Waals surface area contributed by atoms with Gasteiger partial charge in [0.15, 0.2) is 0 Å². The van der Waals surface area contributed by atoms with Gasteiger partial charge in [0.25, 0.3) is 5.91 Å². The Bertz CT molecular complexity index is 802. The zero-order valence-corrected chi connectivity index (χ0v) is 17.3. The summed E-state index contributed by atoms with van der Waals surface area (Å²) in [6, 6.07) is 16.0. The third-order valence-corrected chi connectivity index (χ3v) is 8.27. The maximum absolute atomic E-state index is 13.2. The molecule has 0 atom stereocenters. The van der Waals surface area contributed by atoms with Gasteiger partial charge in [-0.15, -0.1) is 34.9 Å². The van der Waals surface area contributed by atoms with E-state index in [1.807, 2.05) is 64.1 Å². The van der Waals surface area contributed by atoms with Crippen LogP contribution in [-0.4, -0.2) is 22.3 Å². The van der Waals surface area contributed by atoms with Crippen LogP contribution in [0.25, 0.3) is 0 Å². The maximum Gasteiger partial charge on any atom is 0.254 e. The zero-order valence-electron chi connectivity index (χ0n) is 14.9. The number of thioether (sulfide) groups is 2. The minimum Gasteiger partial charge on any atom is -0.467 e. The van der Waals surface area contributed by atoms with Gasteiger partial charge >= 0.3 is 0 Å². The number of rotatable bonds is 6. The summed E-state index contributed by atoms with van der Waals surface area (Å²) in [5.41, 5.74) is 2.03. The molecule has 1 aromatic carbocycles. The first-order chi connectivity index (χ1) is 13.3. The minimum absolute atomic E-state index is 0.0373. The quantitative estimate of drug-likeness (QED) is 0.490. The van der Waals surface area contributed by atoms with Crippen LogP contribution in [0.3, 0.4) is 0 Å². The highest BCUT2D eigenvalue weighted by atomic mass is 32.2. The average Bonchev–Trinajstić information content (AvgIpc) is 3.42. The van der Waals surface area contributed by atoms with Crippen molar-refractivity contribution in [2.75, 3.05) is 11.5 Å². The molecule has 1 aliphatic rings. The molecule has 2 aromatic heterocycles. The van der Waals surface area contributed by atoms with Crippen molar-refractivity contribution >= 4 is 40.8 Å². The number of carbonyl (C=O) groups is 1. The lowest BCUT2D eigenvalue weighted by atomic mass is 10.1. The van der Waals surface area contributed by atoms with Crippen LogP contribution in [0.2, 0.25) is 0 Å². The number of carbonyl (C=O) groups excluding carboxylic acids is 1. The molecular weight excluding hydrogens is 394 g/mol. The van der Waals surface area contributed by atoms with Crippen LogP contribution in [0.5, 0.6) is 0 Å². The van der Waals surface area contributed by atoms with E-state index in [9.17, 15) is 4.79 Å². The Morgan fingerprint density at radius 1 is 1.04 bits per heavy atom. The zero-order chi connectivity index (χ0) is 18.5. The molecule has 1 aliphatic heterocycles. The first-order valence-corrected chi connectivity index (χ1v) is 11.9. The molecule has 140 valence electrons. The Kier molecular flexibility index (Phi) is 6.27. The molecule has 0 N–H and O–H groups in total. The summed E-state index contributed by atoms with van der Waals surface area (Å²) in [6.45, 7) is 1.06. The summed E-state index contributed by atoms with van der Waals surface area (Å²) >= 11 is 5.67. The number of amides is 1. The molecule has 4 rings (SSSR count). The van der Waals surface area contributed by atoms with Gasteiger partial charge in [0.05, 0.1) is 23.9 Å². The molecule has 0 bridgehead atoms. The van der Waals surface area contributed by atoms with E-state index < -0.39 is 0 Å². The van der Waals surface area contributed by atoms with Crippen LogP contribution < -0.4 is 0 Å². The van der Waals surface area contributed by atoms with E-state index in [0.717, 1.165) is 11.3 Å². The Morgan fingerprint density at radius 3 is 2.52 bits per heavy atom. The normalized spacial score (nSPS) is 15.0. The van der Waals surface area contributed by atoms with E-state index in [0.29, 0.717) is 17.7 Å². The van der Waals surface area contributed by atoms with Gasteiger partial charge in [0.1, 0.15) is 5.76 Å². The summed E-state index contributed by atoms with van der Waals surface area (Å²) < 4.78 is 5.97. The molecule has 1 saturated heterocycles. The summed E-state index contributed by atoms with van der Waals surface area (Å²) in [6.07, 6.45) is 2.93. The van der Waals surface area contributed by atoms with Crippen LogP contribution in [0.4, 0.5) is 0 Å². The van der Waals surface area contributed by atoms with Gasteiger partial charge in [-0.05, 0) is 59.2 Å². The minimum atomic E-state index is 0.0373. The number of thiophene rings is 1. The topological polar surface area (TPSA) is 33.5 Å². The van der Waals surface area contributed by atoms with E-state index >= 15 is 0 Å². The predicted molar refractivity (Wildman–Crippen MR) is 115 cm³/mol. The third-order valence-electron chi connectivity index (χ3n) is 4.40. The van der Waals surface area contributed by atoms with Crippen LogP contribution in [-0.2, 0) is 13.1 Å². The SMILES string of the molecule is O=C(c1ccc(C2SCCCS2)cc1)N(Cc1ccco1)Cc1cccs1. The summed E-state index contributed by atoms with van der Waals surface area (Å²) in [7, 11) is 0. The summed E-state index contributed by atoms with van der Waals surface area (Å²) in [5.74, 6) is 3.27. The van der Waals surface area contributed by atoms with Gasteiger partial charge in [-0.1, -0.05) is 18.2 Å². The lowest BCUT2D eigenvalue weighted by Gasteiger charge is -2.23. The molecule has 3 heterocycles. The fraction of sp³-hybridized carbons (Fsp3) is 0.286. The van der Waals surface area contributed by atoms with Gasteiger partial charge in [-0.3, -0.25) is 4.79 Å². The highest BCUT2D eigenvalue weighted by Crippen LogP contribution is 2.43. The van der Waals surface area contributed by atoms with Crippen LogP contribution in [0.1, 0.15) is 37.6 Å². The highest BCUT2D eigenvalue weighted by molar-refractivity contribution is 8.16. The lowest BCUT2D eigenvalue weighted by Crippen LogP contribution is -2.29. The molecule has 3 aromatic rings. The second-order valence-corrected chi connectivity index (χ2v) is 10.1. The first kappa shape index (κ1) is 18.7.